The molecule has 2 rings (SSSR count). The number of carbonyl (C=O) groups excluding carboxylic acids is 1. The number of amides is 1. The smallest absolute Gasteiger partial charge is 0.320 e. The molecule has 7 nitrogen and oxygen atoms in total. The minimum absolute atomic E-state index is 0.143. The molecule has 2 aromatic rings. The summed E-state index contributed by atoms with van der Waals surface area (Å²) in [6, 6.07) is 11.0. The van der Waals surface area contributed by atoms with Gasteiger partial charge in [0, 0.05) is 32.8 Å². The van der Waals surface area contributed by atoms with Crippen LogP contribution in [0.25, 0.3) is 0 Å². The monoisotopic (exact) mass is 371 g/mol. The molecule has 0 aliphatic heterocycles. The van der Waals surface area contributed by atoms with Crippen molar-refractivity contribution in [2.45, 2.75) is 33.0 Å². The number of hydrogen-bond donors (Lipinski definition) is 2. The molecule has 7 heteroatoms. The van der Waals surface area contributed by atoms with E-state index in [2.05, 4.69) is 10.3 Å². The highest BCUT2D eigenvalue weighted by Crippen LogP contribution is 2.16. The van der Waals surface area contributed by atoms with Gasteiger partial charge in [0.05, 0.1) is 6.20 Å². The van der Waals surface area contributed by atoms with Gasteiger partial charge in [0.25, 0.3) is 0 Å². The molecule has 1 amide bonds. The Bertz CT molecular complexity index is 752. The van der Waals surface area contributed by atoms with Gasteiger partial charge in [-0.25, -0.2) is 0 Å². The summed E-state index contributed by atoms with van der Waals surface area (Å²) in [5.74, 6) is -0.431. The first kappa shape index (κ1) is 20.4. The fourth-order valence-electron chi connectivity index (χ4n) is 2.55. The molecule has 1 heterocycles. The molecule has 0 saturated heterocycles. The molecule has 0 bridgehead atoms. The third kappa shape index (κ3) is 7.07. The van der Waals surface area contributed by atoms with Crippen molar-refractivity contribution < 1.29 is 19.4 Å². The average molecular weight is 371 g/mol. The summed E-state index contributed by atoms with van der Waals surface area (Å²) in [6.07, 6.45) is 3.32. The van der Waals surface area contributed by atoms with Crippen molar-refractivity contribution >= 4 is 11.9 Å². The van der Waals surface area contributed by atoms with Crippen LogP contribution in [0.3, 0.4) is 0 Å². The first-order chi connectivity index (χ1) is 13.0. The molecule has 0 spiro atoms. The lowest BCUT2D eigenvalue weighted by molar-refractivity contribution is -0.142. The Morgan fingerprint density at radius 3 is 2.63 bits per heavy atom. The molecule has 0 aliphatic carbocycles. The van der Waals surface area contributed by atoms with Crippen LogP contribution in [-0.2, 0) is 22.7 Å². The van der Waals surface area contributed by atoms with Crippen LogP contribution in [0.15, 0.2) is 48.8 Å². The van der Waals surface area contributed by atoms with Crippen molar-refractivity contribution in [3.63, 3.8) is 0 Å². The number of ether oxygens (including phenoxy) is 1. The molecule has 0 aliphatic rings. The minimum atomic E-state index is -0.915. The van der Waals surface area contributed by atoms with E-state index >= 15 is 0 Å². The van der Waals surface area contributed by atoms with Gasteiger partial charge in [0.1, 0.15) is 18.4 Å². The van der Waals surface area contributed by atoms with E-state index in [0.717, 1.165) is 11.1 Å². The summed E-state index contributed by atoms with van der Waals surface area (Å²) >= 11 is 0. The first-order valence-corrected chi connectivity index (χ1v) is 8.77. The SMILES string of the molecule is CC(=O)NCCN(Cc1cncc(OCc2ccccc2)c1)C(C)C(=O)O. The van der Waals surface area contributed by atoms with Crippen LogP contribution in [-0.4, -0.2) is 46.0 Å². The van der Waals surface area contributed by atoms with Gasteiger partial charge in [-0.05, 0) is 24.1 Å². The van der Waals surface area contributed by atoms with E-state index in [9.17, 15) is 14.7 Å². The highest BCUT2D eigenvalue weighted by atomic mass is 16.5. The zero-order chi connectivity index (χ0) is 19.6. The fraction of sp³-hybridized carbons (Fsp3) is 0.350. The van der Waals surface area contributed by atoms with Gasteiger partial charge in [0.2, 0.25) is 5.91 Å². The number of benzene rings is 1. The second-order valence-corrected chi connectivity index (χ2v) is 6.27. The summed E-state index contributed by atoms with van der Waals surface area (Å²) < 4.78 is 5.78. The van der Waals surface area contributed by atoms with E-state index < -0.39 is 12.0 Å². The van der Waals surface area contributed by atoms with Crippen LogP contribution >= 0.6 is 0 Å². The number of carboxylic acids is 1. The molecule has 0 radical (unpaired) electrons. The number of carbonyl (C=O) groups is 2. The fourth-order valence-corrected chi connectivity index (χ4v) is 2.55. The van der Waals surface area contributed by atoms with Crippen molar-refractivity contribution in [3.05, 3.63) is 59.9 Å². The molecule has 0 saturated carbocycles. The van der Waals surface area contributed by atoms with Crippen molar-refractivity contribution in [3.8, 4) is 5.75 Å². The summed E-state index contributed by atoms with van der Waals surface area (Å²) in [5.41, 5.74) is 1.90. The van der Waals surface area contributed by atoms with Crippen molar-refractivity contribution in [2.24, 2.45) is 0 Å². The van der Waals surface area contributed by atoms with Crippen molar-refractivity contribution in [2.75, 3.05) is 13.1 Å². The highest BCUT2D eigenvalue weighted by Gasteiger charge is 2.20. The Morgan fingerprint density at radius 2 is 1.96 bits per heavy atom. The molecule has 0 fully saturated rings. The van der Waals surface area contributed by atoms with Crippen molar-refractivity contribution in [1.82, 2.24) is 15.2 Å². The summed E-state index contributed by atoms with van der Waals surface area (Å²) in [4.78, 5) is 28.4. The maximum Gasteiger partial charge on any atom is 0.320 e. The topological polar surface area (TPSA) is 91.8 Å². The van der Waals surface area contributed by atoms with Crippen LogP contribution in [0.4, 0.5) is 0 Å². The van der Waals surface area contributed by atoms with E-state index in [0.29, 0.717) is 32.0 Å². The zero-order valence-electron chi connectivity index (χ0n) is 15.6. The Morgan fingerprint density at radius 1 is 1.22 bits per heavy atom. The van der Waals surface area contributed by atoms with Crippen LogP contribution in [0.2, 0.25) is 0 Å². The molecular weight excluding hydrogens is 346 g/mol. The first-order valence-electron chi connectivity index (χ1n) is 8.77. The molecule has 1 atom stereocenters. The Balaban J connectivity index is 2.01. The number of pyridine rings is 1. The molecule has 1 aromatic carbocycles. The number of nitrogens with zero attached hydrogens (tertiary/aromatic N) is 2. The standard InChI is InChI=1S/C20H25N3O4/c1-15(20(25)26)23(9-8-22-16(2)24)13-18-10-19(12-21-11-18)27-14-17-6-4-3-5-7-17/h3-7,10-12,15H,8-9,13-14H2,1-2H3,(H,22,24)(H,25,26). The highest BCUT2D eigenvalue weighted by molar-refractivity contribution is 5.73. The van der Waals surface area contributed by atoms with Gasteiger partial charge in [-0.3, -0.25) is 19.5 Å². The molecule has 144 valence electrons. The van der Waals surface area contributed by atoms with Crippen LogP contribution in [0, 0.1) is 0 Å². The van der Waals surface area contributed by atoms with E-state index in [1.165, 1.54) is 6.92 Å². The maximum atomic E-state index is 11.4. The van der Waals surface area contributed by atoms with Gasteiger partial charge >= 0.3 is 5.97 Å². The number of aliphatic carboxylic acids is 1. The van der Waals surface area contributed by atoms with Gasteiger partial charge in [-0.1, -0.05) is 30.3 Å². The quantitative estimate of drug-likeness (QED) is 0.664. The van der Waals surface area contributed by atoms with E-state index in [1.807, 2.05) is 36.4 Å². The van der Waals surface area contributed by atoms with Crippen LogP contribution < -0.4 is 10.1 Å². The summed E-state index contributed by atoms with van der Waals surface area (Å²) in [5, 5.41) is 12.0. The Labute approximate surface area is 159 Å². The number of nitrogens with one attached hydrogen (secondary N) is 1. The lowest BCUT2D eigenvalue weighted by atomic mass is 10.2. The third-order valence-electron chi connectivity index (χ3n) is 4.08. The number of hydrogen-bond acceptors (Lipinski definition) is 5. The van der Waals surface area contributed by atoms with Gasteiger partial charge in [0.15, 0.2) is 0 Å². The predicted octanol–water partition coefficient (Wildman–Crippen LogP) is 2.07. The van der Waals surface area contributed by atoms with E-state index in [4.69, 9.17) is 4.74 Å². The number of aromatic nitrogens is 1. The second-order valence-electron chi connectivity index (χ2n) is 6.27. The van der Waals surface area contributed by atoms with E-state index in [1.54, 1.807) is 24.2 Å². The second kappa shape index (κ2) is 10.3. The van der Waals surface area contributed by atoms with Gasteiger partial charge in [-0.2, -0.15) is 0 Å². The van der Waals surface area contributed by atoms with Crippen LogP contribution in [0.1, 0.15) is 25.0 Å². The van der Waals surface area contributed by atoms with Crippen LogP contribution in [0.5, 0.6) is 5.75 Å². The molecule has 27 heavy (non-hydrogen) atoms. The maximum absolute atomic E-state index is 11.4. The predicted molar refractivity (Wildman–Crippen MR) is 101 cm³/mol. The normalized spacial score (nSPS) is 11.8. The molecule has 2 N–H and O–H groups in total. The molecule has 1 unspecified atom stereocenters. The third-order valence-corrected chi connectivity index (χ3v) is 4.08. The Hall–Kier alpha value is -2.93. The molecule has 1 aromatic heterocycles. The summed E-state index contributed by atoms with van der Waals surface area (Å²) in [7, 11) is 0. The van der Waals surface area contributed by atoms with E-state index in [-0.39, 0.29) is 5.91 Å². The minimum Gasteiger partial charge on any atom is -0.487 e. The number of rotatable bonds is 10. The Kier molecular flexibility index (Phi) is 7.76. The van der Waals surface area contributed by atoms with Gasteiger partial charge in [-0.15, -0.1) is 0 Å². The lowest BCUT2D eigenvalue weighted by Crippen LogP contribution is -2.42. The summed E-state index contributed by atoms with van der Waals surface area (Å²) in [6.45, 7) is 4.68. The van der Waals surface area contributed by atoms with Crippen molar-refractivity contribution in [1.29, 1.82) is 0 Å². The lowest BCUT2D eigenvalue weighted by Gasteiger charge is -2.26. The van der Waals surface area contributed by atoms with Gasteiger partial charge < -0.3 is 15.2 Å². The largest absolute Gasteiger partial charge is 0.487 e. The average Bonchev–Trinajstić information content (AvgIpc) is 2.66. The molecular formula is C20H25N3O4. The number of carboxylic acid groups (broad SMARTS) is 1. The zero-order valence-corrected chi connectivity index (χ0v) is 15.6.